The molecule has 0 aliphatic carbocycles. The maximum atomic E-state index is 9.24. The maximum absolute atomic E-state index is 9.24. The molecule has 2 N–H and O–H groups in total. The van der Waals surface area contributed by atoms with Crippen molar-refractivity contribution in [3.05, 3.63) is 11.9 Å². The molecule has 1 aliphatic rings. The molecule has 0 spiro atoms. The fraction of sp³-hybridized carbons (Fsp3) is 0.733. The van der Waals surface area contributed by atoms with Gasteiger partial charge in [0.25, 0.3) is 0 Å². The standard InChI is InChI=1S/C15H26N4O/c1-3-8-16-14-11-15(18-12(2)17-14)19-9-5-4-6-13(19)7-10-20/h11,13,20H,3-10H2,1-2H3,(H,16,17,18). The Balaban J connectivity index is 2.18. The molecule has 0 aromatic carbocycles. The average molecular weight is 278 g/mol. The van der Waals surface area contributed by atoms with Crippen LogP contribution in [-0.4, -0.2) is 40.8 Å². The fourth-order valence-corrected chi connectivity index (χ4v) is 2.79. The molecule has 5 nitrogen and oxygen atoms in total. The minimum atomic E-state index is 0.242. The highest BCUT2D eigenvalue weighted by Gasteiger charge is 2.23. The Morgan fingerprint density at radius 1 is 1.40 bits per heavy atom. The summed E-state index contributed by atoms with van der Waals surface area (Å²) in [5.74, 6) is 2.70. The average Bonchev–Trinajstić information content (AvgIpc) is 2.45. The highest BCUT2D eigenvalue weighted by molar-refractivity contribution is 5.50. The quantitative estimate of drug-likeness (QED) is 0.836. The molecule has 112 valence electrons. The summed E-state index contributed by atoms with van der Waals surface area (Å²) in [6.45, 7) is 6.27. The molecule has 20 heavy (non-hydrogen) atoms. The van der Waals surface area contributed by atoms with Gasteiger partial charge in [-0.25, -0.2) is 9.97 Å². The summed E-state index contributed by atoms with van der Waals surface area (Å²) in [5.41, 5.74) is 0. The summed E-state index contributed by atoms with van der Waals surface area (Å²) in [6.07, 6.45) is 5.48. The number of piperidine rings is 1. The molecule has 2 rings (SSSR count). The predicted octanol–water partition coefficient (Wildman–Crippen LogP) is 2.35. The summed E-state index contributed by atoms with van der Waals surface area (Å²) < 4.78 is 0. The van der Waals surface area contributed by atoms with E-state index in [0.29, 0.717) is 6.04 Å². The highest BCUT2D eigenvalue weighted by atomic mass is 16.3. The van der Waals surface area contributed by atoms with Crippen LogP contribution in [0, 0.1) is 6.92 Å². The third-order valence-electron chi connectivity index (χ3n) is 3.76. The van der Waals surface area contributed by atoms with Crippen LogP contribution in [0.15, 0.2) is 6.07 Å². The van der Waals surface area contributed by atoms with Gasteiger partial charge in [0.15, 0.2) is 0 Å². The number of nitrogens with zero attached hydrogens (tertiary/aromatic N) is 3. The Morgan fingerprint density at radius 3 is 3.00 bits per heavy atom. The summed E-state index contributed by atoms with van der Waals surface area (Å²) in [4.78, 5) is 11.4. The van der Waals surface area contributed by atoms with Crippen molar-refractivity contribution >= 4 is 11.6 Å². The van der Waals surface area contributed by atoms with Crippen LogP contribution in [0.3, 0.4) is 0 Å². The molecule has 1 unspecified atom stereocenters. The Hall–Kier alpha value is -1.36. The van der Waals surface area contributed by atoms with Crippen LogP contribution in [-0.2, 0) is 0 Å². The van der Waals surface area contributed by atoms with Crippen LogP contribution in [0.1, 0.15) is 44.9 Å². The highest BCUT2D eigenvalue weighted by Crippen LogP contribution is 2.26. The number of hydrogen-bond donors (Lipinski definition) is 2. The first-order valence-corrected chi connectivity index (χ1v) is 7.71. The van der Waals surface area contributed by atoms with Crippen molar-refractivity contribution in [3.63, 3.8) is 0 Å². The van der Waals surface area contributed by atoms with Gasteiger partial charge in [-0.1, -0.05) is 6.92 Å². The summed E-state index contributed by atoms with van der Waals surface area (Å²) in [6, 6.07) is 2.44. The number of hydrogen-bond acceptors (Lipinski definition) is 5. The first-order valence-electron chi connectivity index (χ1n) is 7.71. The van der Waals surface area contributed by atoms with Crippen LogP contribution >= 0.6 is 0 Å². The second-order valence-electron chi connectivity index (χ2n) is 5.44. The number of rotatable bonds is 6. The lowest BCUT2D eigenvalue weighted by Gasteiger charge is -2.36. The van der Waals surface area contributed by atoms with Crippen LogP contribution in [0.25, 0.3) is 0 Å². The Kier molecular flexibility index (Phi) is 5.59. The molecule has 1 aromatic heterocycles. The second-order valence-corrected chi connectivity index (χ2v) is 5.44. The molecule has 0 amide bonds. The largest absolute Gasteiger partial charge is 0.396 e. The van der Waals surface area contributed by atoms with Gasteiger partial charge in [0.2, 0.25) is 0 Å². The Labute approximate surface area is 121 Å². The SMILES string of the molecule is CCCNc1cc(N2CCCCC2CCO)nc(C)n1. The number of nitrogens with one attached hydrogen (secondary N) is 1. The van der Waals surface area contributed by atoms with Gasteiger partial charge in [0.05, 0.1) is 0 Å². The normalized spacial score (nSPS) is 19.1. The van der Waals surface area contributed by atoms with E-state index in [-0.39, 0.29) is 6.61 Å². The summed E-state index contributed by atoms with van der Waals surface area (Å²) in [5, 5.41) is 12.6. The number of aliphatic hydroxyl groups excluding tert-OH is 1. The molecular weight excluding hydrogens is 252 g/mol. The smallest absolute Gasteiger partial charge is 0.134 e. The minimum absolute atomic E-state index is 0.242. The van der Waals surface area contributed by atoms with Gasteiger partial charge in [0.1, 0.15) is 17.5 Å². The van der Waals surface area contributed by atoms with Crippen LogP contribution in [0.5, 0.6) is 0 Å². The molecule has 5 heteroatoms. The van der Waals surface area contributed by atoms with E-state index in [1.54, 1.807) is 0 Å². The summed E-state index contributed by atoms with van der Waals surface area (Å²) in [7, 11) is 0. The summed E-state index contributed by atoms with van der Waals surface area (Å²) >= 11 is 0. The zero-order valence-electron chi connectivity index (χ0n) is 12.6. The van der Waals surface area contributed by atoms with Gasteiger partial charge in [-0.15, -0.1) is 0 Å². The van der Waals surface area contributed by atoms with E-state index in [2.05, 4.69) is 27.1 Å². The van der Waals surface area contributed by atoms with Crippen LogP contribution < -0.4 is 10.2 Å². The molecule has 0 bridgehead atoms. The van der Waals surface area contributed by atoms with Gasteiger partial charge >= 0.3 is 0 Å². The molecular formula is C15H26N4O. The van der Waals surface area contributed by atoms with Gasteiger partial charge in [-0.3, -0.25) is 0 Å². The van der Waals surface area contributed by atoms with Crippen LogP contribution in [0.2, 0.25) is 0 Å². The van der Waals surface area contributed by atoms with Gasteiger partial charge in [-0.05, 0) is 39.0 Å². The van der Waals surface area contributed by atoms with Gasteiger partial charge in [0, 0.05) is 31.8 Å². The third kappa shape index (κ3) is 3.82. The zero-order valence-corrected chi connectivity index (χ0v) is 12.6. The lowest BCUT2D eigenvalue weighted by Crippen LogP contribution is -2.40. The third-order valence-corrected chi connectivity index (χ3v) is 3.76. The number of aryl methyl sites for hydroxylation is 1. The van der Waals surface area contributed by atoms with E-state index < -0.39 is 0 Å². The number of aromatic nitrogens is 2. The Bertz CT molecular complexity index is 422. The van der Waals surface area contributed by atoms with Gasteiger partial charge < -0.3 is 15.3 Å². The van der Waals surface area contributed by atoms with E-state index in [9.17, 15) is 5.11 Å². The van der Waals surface area contributed by atoms with E-state index >= 15 is 0 Å². The van der Waals surface area contributed by atoms with E-state index in [1.807, 2.05) is 13.0 Å². The molecule has 1 aliphatic heterocycles. The number of aliphatic hydroxyl groups is 1. The predicted molar refractivity (Wildman–Crippen MR) is 82.2 cm³/mol. The maximum Gasteiger partial charge on any atom is 0.134 e. The Morgan fingerprint density at radius 2 is 2.25 bits per heavy atom. The van der Waals surface area contributed by atoms with Crippen LogP contribution in [0.4, 0.5) is 11.6 Å². The number of anilines is 2. The van der Waals surface area contributed by atoms with Crippen molar-refractivity contribution in [1.82, 2.24) is 9.97 Å². The molecule has 1 saturated heterocycles. The first-order chi connectivity index (χ1) is 9.74. The second kappa shape index (κ2) is 7.43. The van der Waals surface area contributed by atoms with E-state index in [0.717, 1.165) is 49.8 Å². The van der Waals surface area contributed by atoms with Crippen molar-refractivity contribution in [2.24, 2.45) is 0 Å². The van der Waals surface area contributed by atoms with Crippen molar-refractivity contribution < 1.29 is 5.11 Å². The van der Waals surface area contributed by atoms with E-state index in [4.69, 9.17) is 0 Å². The minimum Gasteiger partial charge on any atom is -0.396 e. The lowest BCUT2D eigenvalue weighted by molar-refractivity contribution is 0.262. The topological polar surface area (TPSA) is 61.3 Å². The van der Waals surface area contributed by atoms with Crippen molar-refractivity contribution in [2.75, 3.05) is 29.9 Å². The van der Waals surface area contributed by atoms with Crippen molar-refractivity contribution in [1.29, 1.82) is 0 Å². The zero-order chi connectivity index (χ0) is 14.4. The lowest BCUT2D eigenvalue weighted by atomic mass is 9.99. The fourth-order valence-electron chi connectivity index (χ4n) is 2.79. The first kappa shape index (κ1) is 15.0. The molecule has 0 radical (unpaired) electrons. The molecule has 1 atom stereocenters. The van der Waals surface area contributed by atoms with E-state index in [1.165, 1.54) is 12.8 Å². The molecule has 0 saturated carbocycles. The van der Waals surface area contributed by atoms with Gasteiger partial charge in [-0.2, -0.15) is 0 Å². The molecule has 1 aromatic rings. The molecule has 1 fully saturated rings. The monoisotopic (exact) mass is 278 g/mol. The van der Waals surface area contributed by atoms with Crippen molar-refractivity contribution in [2.45, 2.75) is 52.0 Å². The van der Waals surface area contributed by atoms with Crippen molar-refractivity contribution in [3.8, 4) is 0 Å². The molecule has 2 heterocycles.